The van der Waals surface area contributed by atoms with Crippen molar-refractivity contribution in [3.8, 4) is 5.88 Å². The van der Waals surface area contributed by atoms with Crippen LogP contribution >= 0.6 is 0 Å². The average molecular weight is 348 g/mol. The third-order valence-electron chi connectivity index (χ3n) is 4.56. The van der Waals surface area contributed by atoms with E-state index in [2.05, 4.69) is 46.3 Å². The van der Waals surface area contributed by atoms with E-state index < -0.39 is 0 Å². The van der Waals surface area contributed by atoms with Crippen LogP contribution in [0.4, 0.5) is 0 Å². The molecule has 0 aromatic carbocycles. The molecular formula is C19H33N5O. The average Bonchev–Trinajstić information content (AvgIpc) is 2.64. The molecule has 0 bridgehead atoms. The van der Waals surface area contributed by atoms with Crippen molar-refractivity contribution >= 4 is 5.96 Å². The molecule has 2 heterocycles. The molecule has 0 spiro atoms. The van der Waals surface area contributed by atoms with Crippen molar-refractivity contribution in [3.63, 3.8) is 0 Å². The van der Waals surface area contributed by atoms with Crippen LogP contribution in [0.2, 0.25) is 0 Å². The Morgan fingerprint density at radius 3 is 2.80 bits per heavy atom. The van der Waals surface area contributed by atoms with Gasteiger partial charge >= 0.3 is 0 Å². The minimum Gasteiger partial charge on any atom is -0.477 e. The quantitative estimate of drug-likeness (QED) is 0.586. The van der Waals surface area contributed by atoms with Crippen molar-refractivity contribution in [1.82, 2.24) is 20.5 Å². The zero-order valence-corrected chi connectivity index (χ0v) is 16.1. The molecule has 1 aromatic rings. The second kappa shape index (κ2) is 10.2. The third-order valence-corrected chi connectivity index (χ3v) is 4.56. The van der Waals surface area contributed by atoms with Gasteiger partial charge in [0.15, 0.2) is 5.96 Å². The number of piperidine rings is 1. The van der Waals surface area contributed by atoms with Gasteiger partial charge in [0.25, 0.3) is 0 Å². The number of hydrogen-bond donors (Lipinski definition) is 2. The maximum Gasteiger partial charge on any atom is 0.218 e. The Kier molecular flexibility index (Phi) is 7.98. The highest BCUT2D eigenvalue weighted by molar-refractivity contribution is 5.80. The van der Waals surface area contributed by atoms with Crippen molar-refractivity contribution in [2.24, 2.45) is 4.99 Å². The summed E-state index contributed by atoms with van der Waals surface area (Å²) < 4.78 is 5.72. The largest absolute Gasteiger partial charge is 0.477 e. The molecule has 1 fully saturated rings. The predicted molar refractivity (Wildman–Crippen MR) is 103 cm³/mol. The fraction of sp³-hybridized carbons (Fsp3) is 0.684. The zero-order chi connectivity index (χ0) is 18.1. The monoisotopic (exact) mass is 347 g/mol. The molecule has 0 aliphatic carbocycles. The Hall–Kier alpha value is -1.82. The van der Waals surface area contributed by atoms with Crippen LogP contribution in [0, 0.1) is 0 Å². The van der Waals surface area contributed by atoms with Crippen molar-refractivity contribution in [3.05, 3.63) is 23.9 Å². The summed E-state index contributed by atoms with van der Waals surface area (Å²) in [6.07, 6.45) is 5.04. The van der Waals surface area contributed by atoms with E-state index in [1.165, 1.54) is 0 Å². The fourth-order valence-corrected chi connectivity index (χ4v) is 3.01. The number of nitrogens with zero attached hydrogens (tertiary/aromatic N) is 3. The van der Waals surface area contributed by atoms with Crippen molar-refractivity contribution in [1.29, 1.82) is 0 Å². The number of nitrogens with one attached hydrogen (secondary N) is 2. The first kappa shape index (κ1) is 19.5. The zero-order valence-electron chi connectivity index (χ0n) is 16.1. The highest BCUT2D eigenvalue weighted by Crippen LogP contribution is 2.15. The lowest BCUT2D eigenvalue weighted by Crippen LogP contribution is -2.49. The molecular weight excluding hydrogens is 314 g/mol. The second-order valence-electron chi connectivity index (χ2n) is 6.79. The third kappa shape index (κ3) is 6.20. The van der Waals surface area contributed by atoms with Crippen LogP contribution in [0.5, 0.6) is 5.88 Å². The number of aliphatic imine (C=N–C) groups is 1. The molecule has 1 aliphatic rings. The van der Waals surface area contributed by atoms with E-state index in [0.29, 0.717) is 31.1 Å². The van der Waals surface area contributed by atoms with Crippen LogP contribution in [0.3, 0.4) is 0 Å². The Morgan fingerprint density at radius 2 is 2.16 bits per heavy atom. The van der Waals surface area contributed by atoms with Gasteiger partial charge in [0.05, 0.1) is 6.61 Å². The van der Waals surface area contributed by atoms with E-state index >= 15 is 0 Å². The molecule has 0 atom stereocenters. The Bertz CT molecular complexity index is 538. The van der Waals surface area contributed by atoms with Gasteiger partial charge in [-0.15, -0.1) is 0 Å². The maximum atomic E-state index is 5.72. The highest BCUT2D eigenvalue weighted by atomic mass is 16.5. The molecule has 0 amide bonds. The normalized spacial score (nSPS) is 16.9. The smallest absolute Gasteiger partial charge is 0.218 e. The topological polar surface area (TPSA) is 61.8 Å². The standard InChI is InChI=1S/C19H33N5O/c1-5-13-25-18-16(7-6-10-21-18)14-22-19(20-4)23-17-8-11-24(12-9-17)15(2)3/h6-7,10,15,17H,5,8-9,11-14H2,1-4H3,(H2,20,22,23). The highest BCUT2D eigenvalue weighted by Gasteiger charge is 2.21. The number of guanidine groups is 1. The number of hydrogen-bond acceptors (Lipinski definition) is 4. The number of rotatable bonds is 7. The summed E-state index contributed by atoms with van der Waals surface area (Å²) >= 11 is 0. The Balaban J connectivity index is 1.83. The van der Waals surface area contributed by atoms with Crippen LogP contribution in [-0.4, -0.2) is 54.7 Å². The van der Waals surface area contributed by atoms with Gasteiger partial charge in [-0.1, -0.05) is 13.0 Å². The molecule has 1 saturated heterocycles. The van der Waals surface area contributed by atoms with Crippen molar-refractivity contribution in [2.45, 2.75) is 58.7 Å². The predicted octanol–water partition coefficient (Wildman–Crippen LogP) is 2.41. The number of likely N-dealkylation sites (tertiary alicyclic amines) is 1. The molecule has 0 radical (unpaired) electrons. The van der Waals surface area contributed by atoms with E-state index in [4.69, 9.17) is 4.74 Å². The summed E-state index contributed by atoms with van der Waals surface area (Å²) in [5.41, 5.74) is 1.05. The van der Waals surface area contributed by atoms with Gasteiger partial charge < -0.3 is 20.3 Å². The first-order valence-corrected chi connectivity index (χ1v) is 9.42. The number of ether oxygens (including phenoxy) is 1. The van der Waals surface area contributed by atoms with Crippen molar-refractivity contribution in [2.75, 3.05) is 26.7 Å². The molecule has 25 heavy (non-hydrogen) atoms. The van der Waals surface area contributed by atoms with Gasteiger partial charge in [-0.3, -0.25) is 4.99 Å². The fourth-order valence-electron chi connectivity index (χ4n) is 3.01. The minimum absolute atomic E-state index is 0.478. The maximum absolute atomic E-state index is 5.72. The van der Waals surface area contributed by atoms with E-state index in [9.17, 15) is 0 Å². The number of aromatic nitrogens is 1. The van der Waals surface area contributed by atoms with E-state index in [1.807, 2.05) is 19.2 Å². The van der Waals surface area contributed by atoms with Crippen LogP contribution in [0.25, 0.3) is 0 Å². The SMILES string of the molecule is CCCOc1ncccc1CNC(=NC)NC1CCN(C(C)C)CC1. The van der Waals surface area contributed by atoms with E-state index in [-0.39, 0.29) is 0 Å². The molecule has 2 rings (SSSR count). The first-order chi connectivity index (χ1) is 12.1. The minimum atomic E-state index is 0.478. The lowest BCUT2D eigenvalue weighted by Gasteiger charge is -2.35. The van der Waals surface area contributed by atoms with Crippen LogP contribution in [-0.2, 0) is 6.54 Å². The van der Waals surface area contributed by atoms with E-state index in [1.54, 1.807) is 6.20 Å². The molecule has 1 aliphatic heterocycles. The molecule has 0 saturated carbocycles. The van der Waals surface area contributed by atoms with Crippen LogP contribution in [0.1, 0.15) is 45.6 Å². The van der Waals surface area contributed by atoms with Gasteiger partial charge in [0.2, 0.25) is 5.88 Å². The summed E-state index contributed by atoms with van der Waals surface area (Å²) in [6, 6.07) is 5.09. The Labute approximate surface area is 152 Å². The molecule has 140 valence electrons. The lowest BCUT2D eigenvalue weighted by molar-refractivity contribution is 0.167. The van der Waals surface area contributed by atoms with Gasteiger partial charge in [0, 0.05) is 50.5 Å². The molecule has 6 nitrogen and oxygen atoms in total. The van der Waals surface area contributed by atoms with Crippen LogP contribution in [0.15, 0.2) is 23.3 Å². The summed E-state index contributed by atoms with van der Waals surface area (Å²) in [7, 11) is 1.82. The lowest BCUT2D eigenvalue weighted by atomic mass is 10.0. The van der Waals surface area contributed by atoms with Gasteiger partial charge in [-0.2, -0.15) is 0 Å². The van der Waals surface area contributed by atoms with Gasteiger partial charge in [0.1, 0.15) is 0 Å². The Morgan fingerprint density at radius 1 is 1.40 bits per heavy atom. The molecule has 6 heteroatoms. The second-order valence-corrected chi connectivity index (χ2v) is 6.79. The van der Waals surface area contributed by atoms with Crippen molar-refractivity contribution < 1.29 is 4.74 Å². The summed E-state index contributed by atoms with van der Waals surface area (Å²) in [5, 5.41) is 6.94. The summed E-state index contributed by atoms with van der Waals surface area (Å²) in [5.74, 6) is 1.55. The van der Waals surface area contributed by atoms with Crippen LogP contribution < -0.4 is 15.4 Å². The van der Waals surface area contributed by atoms with Gasteiger partial charge in [-0.25, -0.2) is 4.98 Å². The summed E-state index contributed by atoms with van der Waals surface area (Å²) in [6.45, 7) is 10.2. The summed E-state index contributed by atoms with van der Waals surface area (Å²) in [4.78, 5) is 11.2. The van der Waals surface area contributed by atoms with Gasteiger partial charge in [-0.05, 0) is 39.2 Å². The molecule has 0 unspecified atom stereocenters. The first-order valence-electron chi connectivity index (χ1n) is 9.42. The molecule has 2 N–H and O–H groups in total. The molecule has 1 aromatic heterocycles. The van der Waals surface area contributed by atoms with E-state index in [0.717, 1.165) is 43.9 Å². The number of pyridine rings is 1.